The fourth-order valence-electron chi connectivity index (χ4n) is 1.36. The fourth-order valence-corrected chi connectivity index (χ4v) is 1.36. The molecule has 2 N–H and O–H groups in total. The highest BCUT2D eigenvalue weighted by Gasteiger charge is 2.02. The summed E-state index contributed by atoms with van der Waals surface area (Å²) in [4.78, 5) is 4.21. The van der Waals surface area contributed by atoms with Gasteiger partial charge in [0, 0.05) is 12.7 Å². The smallest absolute Gasteiger partial charge is 0.124 e. The highest BCUT2D eigenvalue weighted by molar-refractivity contribution is 5.78. The molecule has 3 nitrogen and oxygen atoms in total. The normalized spacial score (nSPS) is 9.71. The summed E-state index contributed by atoms with van der Waals surface area (Å²) in [6, 6.07) is 5.85. The quantitative estimate of drug-likeness (QED) is 0.695. The first-order chi connectivity index (χ1) is 6.68. The fraction of sp³-hybridized carbons (Fsp3) is 0.364. The largest absolute Gasteiger partial charge is 0.384 e. The maximum atomic E-state index is 5.56. The van der Waals surface area contributed by atoms with Crippen molar-refractivity contribution in [2.75, 3.05) is 5.73 Å². The summed E-state index contributed by atoms with van der Waals surface area (Å²) < 4.78 is 2.10. The average Bonchev–Trinajstić information content (AvgIpc) is 2.45. The molecule has 3 heteroatoms. The van der Waals surface area contributed by atoms with Crippen molar-refractivity contribution in [2.45, 2.75) is 20.8 Å². The number of aryl methyl sites for hydroxylation is 2. The predicted octanol–water partition coefficient (Wildman–Crippen LogP) is 2.49. The minimum absolute atomic E-state index is 0.577. The maximum Gasteiger partial charge on any atom is 0.124 e. The molecule has 0 bridgehead atoms. The second-order valence-corrected chi connectivity index (χ2v) is 2.99. The molecule has 0 amide bonds. The van der Waals surface area contributed by atoms with E-state index in [-0.39, 0.29) is 0 Å². The first kappa shape index (κ1) is 10.6. The molecule has 0 aliphatic heterocycles. The van der Waals surface area contributed by atoms with E-state index >= 15 is 0 Å². The number of nitrogens with two attached hydrogens (primary N) is 1. The Hall–Kier alpha value is -1.51. The van der Waals surface area contributed by atoms with E-state index in [1.54, 1.807) is 0 Å². The Morgan fingerprint density at radius 1 is 1.29 bits per heavy atom. The van der Waals surface area contributed by atoms with E-state index in [1.165, 1.54) is 5.69 Å². The van der Waals surface area contributed by atoms with Gasteiger partial charge in [0.15, 0.2) is 0 Å². The van der Waals surface area contributed by atoms with Gasteiger partial charge in [-0.15, -0.1) is 0 Å². The van der Waals surface area contributed by atoms with Gasteiger partial charge in [0.2, 0.25) is 0 Å². The highest BCUT2D eigenvalue weighted by Crippen LogP contribution is 2.16. The molecule has 0 atom stereocenters. The molecule has 0 spiro atoms. The van der Waals surface area contributed by atoms with Crippen LogP contribution in [0.5, 0.6) is 0 Å². The molecule has 0 aliphatic carbocycles. The van der Waals surface area contributed by atoms with E-state index < -0.39 is 0 Å². The average molecular weight is 191 g/mol. The third-order valence-electron chi connectivity index (χ3n) is 2.16. The predicted molar refractivity (Wildman–Crippen MR) is 61.2 cm³/mol. The zero-order valence-electron chi connectivity index (χ0n) is 9.20. The number of hydrogen-bond donors (Lipinski definition) is 1. The molecule has 0 fully saturated rings. The number of nitrogens with zero attached hydrogens (tertiary/aromatic N) is 2. The molecule has 14 heavy (non-hydrogen) atoms. The monoisotopic (exact) mass is 191 g/mol. The van der Waals surface area contributed by atoms with Crippen molar-refractivity contribution in [3.63, 3.8) is 0 Å². The van der Waals surface area contributed by atoms with Crippen LogP contribution < -0.4 is 5.73 Å². The van der Waals surface area contributed by atoms with Crippen molar-refractivity contribution in [1.82, 2.24) is 9.55 Å². The number of pyridine rings is 1. The molecule has 2 aromatic rings. The Balaban J connectivity index is 0.000000461. The summed E-state index contributed by atoms with van der Waals surface area (Å²) in [5.41, 5.74) is 8.85. The molecule has 2 aromatic heterocycles. The number of fused-ring (bicyclic) bond motifs is 1. The van der Waals surface area contributed by atoms with Gasteiger partial charge in [0.25, 0.3) is 0 Å². The van der Waals surface area contributed by atoms with Crippen LogP contribution in [-0.2, 0) is 7.05 Å². The molecule has 0 radical (unpaired) electrons. The number of anilines is 1. The van der Waals surface area contributed by atoms with Gasteiger partial charge in [-0.05, 0) is 25.1 Å². The van der Waals surface area contributed by atoms with Crippen molar-refractivity contribution < 1.29 is 0 Å². The molecule has 0 aromatic carbocycles. The number of nitrogen functional groups attached to an aromatic ring is 1. The van der Waals surface area contributed by atoms with Gasteiger partial charge >= 0.3 is 0 Å². The maximum absolute atomic E-state index is 5.56. The van der Waals surface area contributed by atoms with Crippen molar-refractivity contribution in [1.29, 1.82) is 0 Å². The van der Waals surface area contributed by atoms with Gasteiger partial charge < -0.3 is 10.3 Å². The van der Waals surface area contributed by atoms with E-state index in [4.69, 9.17) is 5.73 Å². The third-order valence-corrected chi connectivity index (χ3v) is 2.16. The standard InChI is InChI=1S/C9H11N3.C2H6/c1-6-5-7-8(12(6)2)3-4-9(10)11-7;1-2/h3-5H,1-2H3,(H2,10,11);1-2H3. The molecule has 2 rings (SSSR count). The molecular weight excluding hydrogens is 174 g/mol. The Bertz CT molecular complexity index is 429. The van der Waals surface area contributed by atoms with Crippen LogP contribution in [-0.4, -0.2) is 9.55 Å². The molecule has 76 valence electrons. The lowest BCUT2D eigenvalue weighted by Crippen LogP contribution is -1.91. The highest BCUT2D eigenvalue weighted by atomic mass is 15.0. The van der Waals surface area contributed by atoms with Gasteiger partial charge in [-0.2, -0.15) is 0 Å². The van der Waals surface area contributed by atoms with Crippen LogP contribution in [0.1, 0.15) is 19.5 Å². The molecule has 0 aliphatic rings. The lowest BCUT2D eigenvalue weighted by atomic mass is 10.3. The van der Waals surface area contributed by atoms with Crippen LogP contribution in [0.25, 0.3) is 11.0 Å². The first-order valence-electron chi connectivity index (χ1n) is 4.87. The van der Waals surface area contributed by atoms with Gasteiger partial charge in [-0.1, -0.05) is 13.8 Å². The summed E-state index contributed by atoms with van der Waals surface area (Å²) in [7, 11) is 2.02. The van der Waals surface area contributed by atoms with Gasteiger partial charge in [0.05, 0.1) is 11.0 Å². The topological polar surface area (TPSA) is 43.8 Å². The lowest BCUT2D eigenvalue weighted by molar-refractivity contribution is 0.918. The Morgan fingerprint density at radius 3 is 2.57 bits per heavy atom. The molecular formula is C11H17N3. The minimum atomic E-state index is 0.577. The molecule has 0 saturated carbocycles. The van der Waals surface area contributed by atoms with E-state index in [9.17, 15) is 0 Å². The zero-order chi connectivity index (χ0) is 10.7. The third kappa shape index (κ3) is 1.71. The van der Waals surface area contributed by atoms with Gasteiger partial charge in [0.1, 0.15) is 5.82 Å². The number of aromatic nitrogens is 2. The van der Waals surface area contributed by atoms with Crippen molar-refractivity contribution in [2.24, 2.45) is 7.05 Å². The van der Waals surface area contributed by atoms with Crippen molar-refractivity contribution in [3.8, 4) is 0 Å². The van der Waals surface area contributed by atoms with Gasteiger partial charge in [-0.25, -0.2) is 4.98 Å². The second-order valence-electron chi connectivity index (χ2n) is 2.99. The SMILES string of the molecule is CC.Cc1cc2nc(N)ccc2n1C. The summed E-state index contributed by atoms with van der Waals surface area (Å²) in [5.74, 6) is 0.577. The van der Waals surface area contributed by atoms with Crippen molar-refractivity contribution in [3.05, 3.63) is 23.9 Å². The summed E-state index contributed by atoms with van der Waals surface area (Å²) in [6.45, 7) is 6.05. The van der Waals surface area contributed by atoms with E-state index in [2.05, 4.69) is 16.5 Å². The molecule has 2 heterocycles. The summed E-state index contributed by atoms with van der Waals surface area (Å²) in [6.07, 6.45) is 0. The first-order valence-corrected chi connectivity index (χ1v) is 4.87. The Labute approximate surface area is 84.6 Å². The van der Waals surface area contributed by atoms with E-state index in [1.807, 2.05) is 39.1 Å². The lowest BCUT2D eigenvalue weighted by Gasteiger charge is -1.97. The second kappa shape index (κ2) is 4.13. The zero-order valence-corrected chi connectivity index (χ0v) is 9.20. The minimum Gasteiger partial charge on any atom is -0.384 e. The van der Waals surface area contributed by atoms with Crippen LogP contribution in [0.15, 0.2) is 18.2 Å². The van der Waals surface area contributed by atoms with Crippen LogP contribution in [0.3, 0.4) is 0 Å². The van der Waals surface area contributed by atoms with Crippen LogP contribution >= 0.6 is 0 Å². The van der Waals surface area contributed by atoms with Gasteiger partial charge in [-0.3, -0.25) is 0 Å². The number of rotatable bonds is 0. The van der Waals surface area contributed by atoms with Crippen molar-refractivity contribution >= 4 is 16.9 Å². The van der Waals surface area contributed by atoms with Crippen LogP contribution in [0.2, 0.25) is 0 Å². The summed E-state index contributed by atoms with van der Waals surface area (Å²) in [5, 5.41) is 0. The summed E-state index contributed by atoms with van der Waals surface area (Å²) >= 11 is 0. The Kier molecular flexibility index (Phi) is 3.12. The van der Waals surface area contributed by atoms with E-state index in [0.29, 0.717) is 5.82 Å². The van der Waals surface area contributed by atoms with Crippen LogP contribution in [0, 0.1) is 6.92 Å². The van der Waals surface area contributed by atoms with Crippen LogP contribution in [0.4, 0.5) is 5.82 Å². The molecule has 0 unspecified atom stereocenters. The molecule has 0 saturated heterocycles. The van der Waals surface area contributed by atoms with E-state index in [0.717, 1.165) is 11.0 Å². The number of hydrogen-bond acceptors (Lipinski definition) is 2. The Morgan fingerprint density at radius 2 is 1.93 bits per heavy atom.